The van der Waals surface area contributed by atoms with Gasteiger partial charge in [-0.1, -0.05) is 38.0 Å². The number of amides is 1. The van der Waals surface area contributed by atoms with Crippen LogP contribution in [-0.4, -0.2) is 21.7 Å². The number of carbonyl (C=O) groups is 1. The highest BCUT2D eigenvalue weighted by atomic mass is 16.1. The smallest absolute Gasteiger partial charge is 0.220 e. The second kappa shape index (κ2) is 7.44. The lowest BCUT2D eigenvalue weighted by Crippen LogP contribution is -2.38. The molecule has 2 atom stereocenters. The summed E-state index contributed by atoms with van der Waals surface area (Å²) < 4.78 is 1.86. The minimum atomic E-state index is 0.163. The molecule has 1 heterocycles. The van der Waals surface area contributed by atoms with E-state index in [9.17, 15) is 4.79 Å². The first kappa shape index (κ1) is 15.8. The van der Waals surface area contributed by atoms with Crippen LogP contribution >= 0.6 is 0 Å². The van der Waals surface area contributed by atoms with Crippen molar-refractivity contribution in [2.24, 2.45) is 5.92 Å². The predicted octanol–water partition coefficient (Wildman–Crippen LogP) is 3.50. The van der Waals surface area contributed by atoms with Crippen LogP contribution in [-0.2, 0) is 11.2 Å². The summed E-state index contributed by atoms with van der Waals surface area (Å²) in [4.78, 5) is 12.1. The van der Waals surface area contributed by atoms with Crippen LogP contribution < -0.4 is 5.32 Å². The third-order valence-corrected chi connectivity index (χ3v) is 4.60. The molecule has 122 valence electrons. The Bertz CT molecular complexity index is 635. The molecule has 0 bridgehead atoms. The summed E-state index contributed by atoms with van der Waals surface area (Å²) in [6.45, 7) is 2.27. The van der Waals surface area contributed by atoms with Gasteiger partial charge in [-0.05, 0) is 42.9 Å². The Hall–Kier alpha value is -2.10. The maximum atomic E-state index is 12.1. The van der Waals surface area contributed by atoms with E-state index in [1.807, 2.05) is 47.4 Å². The second-order valence-electron chi connectivity index (χ2n) is 6.66. The molecule has 1 N–H and O–H groups in total. The van der Waals surface area contributed by atoms with Gasteiger partial charge in [0.25, 0.3) is 0 Å². The summed E-state index contributed by atoms with van der Waals surface area (Å²) in [5, 5.41) is 7.57. The molecular weight excluding hydrogens is 286 g/mol. The standard InChI is InChI=1S/C19H25N3O/c1-15-6-5-7-17(12-15)21-19(23)11-10-16-13-20-22(14-16)18-8-3-2-4-9-18/h2-4,8-9,13-15,17H,5-7,10-12H2,1H3,(H,21,23). The maximum Gasteiger partial charge on any atom is 0.220 e. The fraction of sp³-hybridized carbons (Fsp3) is 0.474. The van der Waals surface area contributed by atoms with Gasteiger partial charge < -0.3 is 5.32 Å². The fourth-order valence-electron chi connectivity index (χ4n) is 3.33. The Labute approximate surface area is 137 Å². The van der Waals surface area contributed by atoms with Crippen molar-refractivity contribution < 1.29 is 4.79 Å². The SMILES string of the molecule is CC1CCCC(NC(=O)CCc2cnn(-c3ccccc3)c2)C1. The van der Waals surface area contributed by atoms with Crippen LogP contribution in [0.4, 0.5) is 0 Å². The molecule has 2 aromatic rings. The Balaban J connectivity index is 1.48. The molecule has 1 aliphatic rings. The lowest BCUT2D eigenvalue weighted by atomic mass is 9.87. The number of aromatic nitrogens is 2. The molecule has 3 rings (SSSR count). The molecule has 4 heteroatoms. The van der Waals surface area contributed by atoms with E-state index in [2.05, 4.69) is 17.3 Å². The molecule has 1 aliphatic carbocycles. The van der Waals surface area contributed by atoms with Crippen molar-refractivity contribution in [3.8, 4) is 5.69 Å². The summed E-state index contributed by atoms with van der Waals surface area (Å²) >= 11 is 0. The van der Waals surface area contributed by atoms with E-state index in [1.54, 1.807) is 0 Å². The Kier molecular flexibility index (Phi) is 5.11. The number of rotatable bonds is 5. The van der Waals surface area contributed by atoms with Crippen molar-refractivity contribution in [1.82, 2.24) is 15.1 Å². The molecule has 0 spiro atoms. The third kappa shape index (κ3) is 4.44. The van der Waals surface area contributed by atoms with E-state index < -0.39 is 0 Å². The maximum absolute atomic E-state index is 12.1. The molecule has 0 saturated heterocycles. The molecule has 0 aliphatic heterocycles. The number of nitrogens with zero attached hydrogens (tertiary/aromatic N) is 2. The van der Waals surface area contributed by atoms with Crippen LogP contribution in [0.1, 0.15) is 44.6 Å². The van der Waals surface area contributed by atoms with Crippen LogP contribution in [0.15, 0.2) is 42.7 Å². The molecule has 4 nitrogen and oxygen atoms in total. The van der Waals surface area contributed by atoms with E-state index in [-0.39, 0.29) is 5.91 Å². The van der Waals surface area contributed by atoms with Crippen LogP contribution in [0, 0.1) is 5.92 Å². The van der Waals surface area contributed by atoms with Crippen molar-refractivity contribution >= 4 is 5.91 Å². The largest absolute Gasteiger partial charge is 0.353 e. The molecular formula is C19H25N3O. The van der Waals surface area contributed by atoms with E-state index in [1.165, 1.54) is 12.8 Å². The van der Waals surface area contributed by atoms with E-state index in [0.717, 1.165) is 36.4 Å². The number of aryl methyl sites for hydroxylation is 1. The summed E-state index contributed by atoms with van der Waals surface area (Å²) in [6, 6.07) is 10.4. The highest BCUT2D eigenvalue weighted by molar-refractivity contribution is 5.76. The molecule has 1 saturated carbocycles. The van der Waals surface area contributed by atoms with Crippen LogP contribution in [0.25, 0.3) is 5.69 Å². The van der Waals surface area contributed by atoms with E-state index >= 15 is 0 Å². The van der Waals surface area contributed by atoms with Crippen molar-refractivity contribution in [2.45, 2.75) is 51.5 Å². The normalized spacial score (nSPS) is 21.1. The molecule has 1 aromatic carbocycles. The Morgan fingerprint density at radius 1 is 1.30 bits per heavy atom. The Morgan fingerprint density at radius 3 is 2.91 bits per heavy atom. The number of benzene rings is 1. The summed E-state index contributed by atoms with van der Waals surface area (Å²) in [5.41, 5.74) is 2.14. The monoisotopic (exact) mass is 311 g/mol. The number of carbonyl (C=O) groups excluding carboxylic acids is 1. The highest BCUT2D eigenvalue weighted by Crippen LogP contribution is 2.23. The number of hydrogen-bond acceptors (Lipinski definition) is 2. The van der Waals surface area contributed by atoms with Gasteiger partial charge in [-0.25, -0.2) is 4.68 Å². The summed E-state index contributed by atoms with van der Waals surface area (Å²) in [6.07, 6.45) is 9.90. The molecule has 2 unspecified atom stereocenters. The molecule has 1 amide bonds. The van der Waals surface area contributed by atoms with Gasteiger partial charge in [0.05, 0.1) is 11.9 Å². The van der Waals surface area contributed by atoms with Gasteiger partial charge in [-0.15, -0.1) is 0 Å². The minimum Gasteiger partial charge on any atom is -0.353 e. The fourth-order valence-corrected chi connectivity index (χ4v) is 3.33. The zero-order valence-corrected chi connectivity index (χ0v) is 13.7. The third-order valence-electron chi connectivity index (χ3n) is 4.60. The zero-order chi connectivity index (χ0) is 16.1. The van der Waals surface area contributed by atoms with Gasteiger partial charge in [0.1, 0.15) is 0 Å². The molecule has 0 radical (unpaired) electrons. The highest BCUT2D eigenvalue weighted by Gasteiger charge is 2.20. The first-order chi connectivity index (χ1) is 11.2. The van der Waals surface area contributed by atoms with Crippen molar-refractivity contribution in [3.05, 3.63) is 48.3 Å². The molecule has 1 fully saturated rings. The zero-order valence-electron chi connectivity index (χ0n) is 13.7. The number of para-hydroxylation sites is 1. The van der Waals surface area contributed by atoms with Crippen molar-refractivity contribution in [1.29, 1.82) is 0 Å². The number of hydrogen-bond donors (Lipinski definition) is 1. The van der Waals surface area contributed by atoms with Gasteiger partial charge >= 0.3 is 0 Å². The van der Waals surface area contributed by atoms with Gasteiger partial charge in [0.15, 0.2) is 0 Å². The Morgan fingerprint density at radius 2 is 2.13 bits per heavy atom. The average Bonchev–Trinajstić information content (AvgIpc) is 3.03. The van der Waals surface area contributed by atoms with Gasteiger partial charge in [-0.2, -0.15) is 5.10 Å². The van der Waals surface area contributed by atoms with Crippen LogP contribution in [0.2, 0.25) is 0 Å². The van der Waals surface area contributed by atoms with Crippen molar-refractivity contribution in [3.63, 3.8) is 0 Å². The second-order valence-corrected chi connectivity index (χ2v) is 6.66. The van der Waals surface area contributed by atoms with E-state index in [4.69, 9.17) is 0 Å². The van der Waals surface area contributed by atoms with Crippen LogP contribution in [0.5, 0.6) is 0 Å². The van der Waals surface area contributed by atoms with Crippen LogP contribution in [0.3, 0.4) is 0 Å². The van der Waals surface area contributed by atoms with Crippen molar-refractivity contribution in [2.75, 3.05) is 0 Å². The summed E-state index contributed by atoms with van der Waals surface area (Å²) in [7, 11) is 0. The quantitative estimate of drug-likeness (QED) is 0.918. The first-order valence-electron chi connectivity index (χ1n) is 8.59. The van der Waals surface area contributed by atoms with E-state index in [0.29, 0.717) is 12.5 Å². The topological polar surface area (TPSA) is 46.9 Å². The minimum absolute atomic E-state index is 0.163. The molecule has 23 heavy (non-hydrogen) atoms. The number of nitrogens with one attached hydrogen (secondary N) is 1. The lowest BCUT2D eigenvalue weighted by molar-refractivity contribution is -0.122. The van der Waals surface area contributed by atoms with Gasteiger partial charge in [-0.3, -0.25) is 4.79 Å². The van der Waals surface area contributed by atoms with Gasteiger partial charge in [0.2, 0.25) is 5.91 Å². The summed E-state index contributed by atoms with van der Waals surface area (Å²) in [5.74, 6) is 0.898. The lowest BCUT2D eigenvalue weighted by Gasteiger charge is -2.27. The molecule has 1 aromatic heterocycles. The first-order valence-corrected chi connectivity index (χ1v) is 8.59. The predicted molar refractivity (Wildman–Crippen MR) is 91.4 cm³/mol. The average molecular weight is 311 g/mol. The van der Waals surface area contributed by atoms with Gasteiger partial charge in [0, 0.05) is 18.7 Å².